The molecule has 10 heteroatoms. The van der Waals surface area contributed by atoms with Crippen molar-refractivity contribution in [2.45, 2.75) is 371 Å². The number of carbonyl (C=O) groups is 1. The Bertz CT molecular complexity index is 1330. The summed E-state index contributed by atoms with van der Waals surface area (Å²) in [6, 6.07) is -0.996. The monoisotopic (exact) mass is 1090 g/mol. The minimum atomic E-state index is -1.62. The van der Waals surface area contributed by atoms with Crippen molar-refractivity contribution in [2.75, 3.05) is 13.2 Å². The molecule has 454 valence electrons. The topological polar surface area (TPSA) is 169 Å². The average molecular weight is 1090 g/mol. The molecule has 0 aliphatic carbocycles. The van der Waals surface area contributed by atoms with Crippen LogP contribution in [0.2, 0.25) is 0 Å². The van der Waals surface area contributed by atoms with Gasteiger partial charge in [0, 0.05) is 0 Å². The van der Waals surface area contributed by atoms with Gasteiger partial charge in [-0.05, 0) is 57.8 Å². The fraction of sp³-hybridized carbons (Fsp3) is 0.896. The van der Waals surface area contributed by atoms with Gasteiger partial charge in [0.2, 0.25) is 5.91 Å². The van der Waals surface area contributed by atoms with E-state index < -0.39 is 61.5 Å². The van der Waals surface area contributed by atoms with Gasteiger partial charge in [-0.25, -0.2) is 0 Å². The van der Waals surface area contributed by atoms with Gasteiger partial charge in [-0.15, -0.1) is 0 Å². The number of carbonyl (C=O) groups excluding carboxylic acids is 1. The highest BCUT2D eigenvalue weighted by molar-refractivity contribution is 5.80. The van der Waals surface area contributed by atoms with E-state index in [4.69, 9.17) is 9.47 Å². The van der Waals surface area contributed by atoms with Crippen molar-refractivity contribution in [1.29, 1.82) is 0 Å². The van der Waals surface area contributed by atoms with Gasteiger partial charge in [0.15, 0.2) is 6.29 Å². The number of unbranched alkanes of at least 4 members (excludes halogenated alkanes) is 43. The standard InChI is InChI=1S/C67H127NO9/c1-3-5-7-9-11-13-15-17-19-20-21-22-23-24-25-26-27-28-29-30-31-32-33-34-35-36-37-38-39-40-41-42-44-46-48-50-52-54-56-61(71)66(75)68-59(58-76-67-65(74)64(73)63(72)62(57-69)77-67)60(70)55-53-51-49-47-45-43-18-16-14-12-10-8-6-4-2/h30-31,45,47,53,55,59-65,67,69-74H,3-29,32-44,46,48-52,54,56-58H2,1-2H3,(H,68,75)/b31-30-,47-45+,55-53+. The first kappa shape index (κ1) is 73.4. The minimum absolute atomic E-state index is 0.306. The molecule has 1 rings (SSSR count). The van der Waals surface area contributed by atoms with Crippen LogP contribution < -0.4 is 5.32 Å². The average Bonchev–Trinajstić information content (AvgIpc) is 3.44. The van der Waals surface area contributed by atoms with Crippen LogP contribution in [0.25, 0.3) is 0 Å². The molecule has 1 aliphatic heterocycles. The Morgan fingerprint density at radius 1 is 0.442 bits per heavy atom. The quantitative estimate of drug-likeness (QED) is 0.0232. The lowest BCUT2D eigenvalue weighted by Crippen LogP contribution is -2.60. The van der Waals surface area contributed by atoms with E-state index in [1.165, 1.54) is 257 Å². The Kier molecular flexibility index (Phi) is 53.6. The third-order valence-corrected chi connectivity index (χ3v) is 16.0. The van der Waals surface area contributed by atoms with E-state index in [1.54, 1.807) is 6.08 Å². The van der Waals surface area contributed by atoms with Gasteiger partial charge in [0.1, 0.15) is 30.5 Å². The van der Waals surface area contributed by atoms with Crippen LogP contribution in [0.15, 0.2) is 36.5 Å². The number of aliphatic hydroxyl groups excluding tert-OH is 6. The van der Waals surface area contributed by atoms with E-state index in [2.05, 4.69) is 43.5 Å². The zero-order chi connectivity index (χ0) is 55.9. The van der Waals surface area contributed by atoms with Crippen molar-refractivity contribution in [3.63, 3.8) is 0 Å². The second kappa shape index (κ2) is 56.2. The molecule has 10 nitrogen and oxygen atoms in total. The lowest BCUT2D eigenvalue weighted by atomic mass is 9.99. The smallest absolute Gasteiger partial charge is 0.249 e. The minimum Gasteiger partial charge on any atom is -0.394 e. The van der Waals surface area contributed by atoms with Crippen LogP contribution in [-0.2, 0) is 14.3 Å². The van der Waals surface area contributed by atoms with Crippen molar-refractivity contribution >= 4 is 5.91 Å². The van der Waals surface area contributed by atoms with Crippen LogP contribution in [0.1, 0.15) is 322 Å². The highest BCUT2D eigenvalue weighted by atomic mass is 16.7. The maximum absolute atomic E-state index is 13.1. The Morgan fingerprint density at radius 3 is 1.13 bits per heavy atom. The summed E-state index contributed by atoms with van der Waals surface area (Å²) in [4.78, 5) is 13.1. The van der Waals surface area contributed by atoms with Crippen LogP contribution in [-0.4, -0.2) is 98.7 Å². The number of ether oxygens (including phenoxy) is 2. The number of rotatable bonds is 58. The SMILES string of the molecule is CCCCCCCCCC/C=C/CC/C=C/C(O)C(COC1OC(CO)C(O)C(O)C1O)NC(=O)C(O)CCCCCCCCCCCCCCCCCC/C=C\CCCCCCCCCCCCCCCCCCCC. The van der Waals surface area contributed by atoms with Crippen molar-refractivity contribution in [3.8, 4) is 0 Å². The maximum Gasteiger partial charge on any atom is 0.249 e. The van der Waals surface area contributed by atoms with Gasteiger partial charge in [0.25, 0.3) is 0 Å². The van der Waals surface area contributed by atoms with Gasteiger partial charge in [-0.3, -0.25) is 4.79 Å². The van der Waals surface area contributed by atoms with Gasteiger partial charge in [-0.2, -0.15) is 0 Å². The predicted octanol–water partition coefficient (Wildman–Crippen LogP) is 16.4. The molecule has 0 saturated carbocycles. The van der Waals surface area contributed by atoms with Crippen LogP contribution >= 0.6 is 0 Å². The molecular formula is C67H127NO9. The molecule has 7 N–H and O–H groups in total. The largest absolute Gasteiger partial charge is 0.394 e. The molecule has 8 unspecified atom stereocenters. The summed E-state index contributed by atoms with van der Waals surface area (Å²) in [5, 5.41) is 65.0. The normalized spacial score (nSPS) is 19.3. The summed E-state index contributed by atoms with van der Waals surface area (Å²) >= 11 is 0. The fourth-order valence-electron chi connectivity index (χ4n) is 10.7. The van der Waals surface area contributed by atoms with Gasteiger partial charge in [-0.1, -0.05) is 301 Å². The first-order chi connectivity index (χ1) is 37.8. The summed E-state index contributed by atoms with van der Waals surface area (Å²) in [7, 11) is 0. The zero-order valence-electron chi connectivity index (χ0n) is 50.3. The molecule has 1 fully saturated rings. The molecule has 77 heavy (non-hydrogen) atoms. The molecule has 0 aromatic carbocycles. The van der Waals surface area contributed by atoms with E-state index in [0.29, 0.717) is 19.3 Å². The van der Waals surface area contributed by atoms with E-state index in [-0.39, 0.29) is 6.61 Å². The summed E-state index contributed by atoms with van der Waals surface area (Å²) in [5.74, 6) is -0.622. The van der Waals surface area contributed by atoms with Crippen molar-refractivity contribution in [1.82, 2.24) is 5.32 Å². The van der Waals surface area contributed by atoms with Crippen LogP contribution in [0.3, 0.4) is 0 Å². The number of nitrogens with one attached hydrogen (secondary N) is 1. The number of aliphatic hydroxyl groups is 6. The first-order valence-electron chi connectivity index (χ1n) is 33.3. The van der Waals surface area contributed by atoms with E-state index in [1.807, 2.05) is 6.08 Å². The van der Waals surface area contributed by atoms with Crippen LogP contribution in [0, 0.1) is 0 Å². The Balaban J connectivity index is 2.08. The lowest BCUT2D eigenvalue weighted by Gasteiger charge is -2.40. The second-order valence-corrected chi connectivity index (χ2v) is 23.4. The predicted molar refractivity (Wildman–Crippen MR) is 324 cm³/mol. The third kappa shape index (κ3) is 44.7. The summed E-state index contributed by atoms with van der Waals surface area (Å²) in [6.45, 7) is 3.62. The Hall–Kier alpha value is -1.63. The van der Waals surface area contributed by atoms with Gasteiger partial charge >= 0.3 is 0 Å². The highest BCUT2D eigenvalue weighted by Crippen LogP contribution is 2.23. The number of amides is 1. The van der Waals surface area contributed by atoms with Crippen molar-refractivity contribution < 1.29 is 44.9 Å². The van der Waals surface area contributed by atoms with Gasteiger partial charge < -0.3 is 45.4 Å². The molecule has 8 atom stereocenters. The Morgan fingerprint density at radius 2 is 0.766 bits per heavy atom. The molecule has 0 aromatic rings. The molecule has 0 bridgehead atoms. The molecule has 1 saturated heterocycles. The zero-order valence-corrected chi connectivity index (χ0v) is 50.3. The number of hydrogen-bond donors (Lipinski definition) is 7. The van der Waals surface area contributed by atoms with Crippen LogP contribution in [0.4, 0.5) is 0 Å². The van der Waals surface area contributed by atoms with Gasteiger partial charge in [0.05, 0.1) is 25.4 Å². The highest BCUT2D eigenvalue weighted by Gasteiger charge is 2.44. The molecule has 0 spiro atoms. The lowest BCUT2D eigenvalue weighted by molar-refractivity contribution is -0.302. The second-order valence-electron chi connectivity index (χ2n) is 23.4. The molecule has 1 aliphatic rings. The van der Waals surface area contributed by atoms with Crippen LogP contribution in [0.5, 0.6) is 0 Å². The number of hydrogen-bond acceptors (Lipinski definition) is 9. The molecule has 0 radical (unpaired) electrons. The van der Waals surface area contributed by atoms with E-state index >= 15 is 0 Å². The molecule has 0 aromatic heterocycles. The van der Waals surface area contributed by atoms with Crippen molar-refractivity contribution in [2.24, 2.45) is 0 Å². The molecular weight excluding hydrogens is 963 g/mol. The van der Waals surface area contributed by atoms with E-state index in [9.17, 15) is 35.4 Å². The summed E-state index contributed by atoms with van der Waals surface area (Å²) in [6.07, 6.45) is 64.5. The fourth-order valence-corrected chi connectivity index (χ4v) is 10.7. The summed E-state index contributed by atoms with van der Waals surface area (Å²) in [5.41, 5.74) is 0. The number of allylic oxidation sites excluding steroid dienone is 5. The Labute approximate surface area is 474 Å². The maximum atomic E-state index is 13.1. The third-order valence-electron chi connectivity index (χ3n) is 16.0. The van der Waals surface area contributed by atoms with Crippen molar-refractivity contribution in [3.05, 3.63) is 36.5 Å². The van der Waals surface area contributed by atoms with E-state index in [0.717, 1.165) is 32.1 Å². The molecule has 1 amide bonds. The first-order valence-corrected chi connectivity index (χ1v) is 33.3. The molecule has 1 heterocycles. The summed E-state index contributed by atoms with van der Waals surface area (Å²) < 4.78 is 11.2.